The van der Waals surface area contributed by atoms with Crippen LogP contribution in [0.4, 0.5) is 11.6 Å². The number of azo groups is 1. The number of hydrogen-bond acceptors (Lipinski definition) is 5. The Kier molecular flexibility index (Phi) is 4.49. The lowest BCUT2D eigenvalue weighted by Gasteiger charge is -2.07. The highest BCUT2D eigenvalue weighted by Crippen LogP contribution is 2.40. The van der Waals surface area contributed by atoms with Gasteiger partial charge in [-0.15, -0.1) is 10.2 Å². The predicted octanol–water partition coefficient (Wildman–Crippen LogP) is 4.51. The second kappa shape index (κ2) is 7.11. The lowest BCUT2D eigenvalue weighted by molar-refractivity contribution is 0.429. The van der Waals surface area contributed by atoms with Crippen LogP contribution in [0.15, 0.2) is 69.6 Å². The summed E-state index contributed by atoms with van der Waals surface area (Å²) in [5.41, 5.74) is 3.55. The average Bonchev–Trinajstić information content (AvgIpc) is 2.91. The third-order valence-corrected chi connectivity index (χ3v) is 4.45. The Hall–Kier alpha value is -3.74. The van der Waals surface area contributed by atoms with Gasteiger partial charge in [-0.25, -0.2) is 4.98 Å². The number of H-pyrrole nitrogens is 1. The predicted molar refractivity (Wildman–Crippen MR) is 108 cm³/mol. The number of rotatable bonds is 4. The highest BCUT2D eigenvalue weighted by molar-refractivity contribution is 5.95. The zero-order chi connectivity index (χ0) is 19.7. The van der Waals surface area contributed by atoms with E-state index in [9.17, 15) is 9.90 Å². The Morgan fingerprint density at radius 3 is 2.61 bits per heavy atom. The molecule has 0 radical (unpaired) electrons. The van der Waals surface area contributed by atoms with E-state index in [4.69, 9.17) is 0 Å². The molecule has 0 aliphatic carbocycles. The molecule has 4 aromatic rings. The normalized spacial score (nSPS) is 11.5. The van der Waals surface area contributed by atoms with Crippen molar-refractivity contribution in [1.82, 2.24) is 14.5 Å². The molecule has 7 nitrogen and oxygen atoms in total. The molecule has 0 spiro atoms. The number of fused-ring (bicyclic) bond motifs is 1. The fraction of sp³-hybridized carbons (Fsp3) is 0.143. The highest BCUT2D eigenvalue weighted by Gasteiger charge is 2.17. The number of benzene rings is 2. The van der Waals surface area contributed by atoms with Gasteiger partial charge in [-0.3, -0.25) is 9.78 Å². The number of nitrogens with zero attached hydrogens (tertiary/aromatic N) is 4. The standard InChI is InChI=1S/C21H19N5O2/c1-13-8-9-17-16(10-13)19(24-25-21-22-14(2)11-18(27)23-21)20(28)26(17)12-15-6-4-3-5-7-15/h3-11,28H,12H2,1-2H3,(H,22,23,27). The molecule has 0 unspecified atom stereocenters. The Morgan fingerprint density at radius 1 is 1.07 bits per heavy atom. The first-order valence-electron chi connectivity index (χ1n) is 8.87. The summed E-state index contributed by atoms with van der Waals surface area (Å²) >= 11 is 0. The van der Waals surface area contributed by atoms with Gasteiger partial charge in [0.1, 0.15) is 0 Å². The molecule has 0 aliphatic rings. The van der Waals surface area contributed by atoms with Gasteiger partial charge in [-0.2, -0.15) is 0 Å². The van der Waals surface area contributed by atoms with E-state index in [-0.39, 0.29) is 17.4 Å². The summed E-state index contributed by atoms with van der Waals surface area (Å²) in [4.78, 5) is 18.3. The van der Waals surface area contributed by atoms with E-state index in [1.807, 2.05) is 55.5 Å². The zero-order valence-corrected chi connectivity index (χ0v) is 15.5. The molecule has 0 saturated carbocycles. The highest BCUT2D eigenvalue weighted by atomic mass is 16.3. The molecule has 28 heavy (non-hydrogen) atoms. The minimum absolute atomic E-state index is 0.0169. The maximum atomic E-state index is 11.6. The molecular weight excluding hydrogens is 354 g/mol. The molecule has 2 N–H and O–H groups in total. The van der Waals surface area contributed by atoms with Crippen LogP contribution in [0.3, 0.4) is 0 Å². The van der Waals surface area contributed by atoms with Crippen molar-refractivity contribution in [2.45, 2.75) is 20.4 Å². The SMILES string of the molecule is Cc1ccc2c(c1)c(N=Nc1nc(C)cc(=O)[nH]1)c(O)n2Cc1ccccc1. The van der Waals surface area contributed by atoms with Gasteiger partial charge < -0.3 is 9.67 Å². The molecule has 0 amide bonds. The first-order valence-corrected chi connectivity index (χ1v) is 8.87. The second-order valence-electron chi connectivity index (χ2n) is 6.67. The van der Waals surface area contributed by atoms with Crippen LogP contribution in [0.5, 0.6) is 5.88 Å². The fourth-order valence-corrected chi connectivity index (χ4v) is 3.17. The van der Waals surface area contributed by atoms with Crippen LogP contribution in [0.25, 0.3) is 10.9 Å². The summed E-state index contributed by atoms with van der Waals surface area (Å²) in [6, 6.07) is 17.2. The second-order valence-corrected chi connectivity index (χ2v) is 6.67. The lowest BCUT2D eigenvalue weighted by Crippen LogP contribution is -2.05. The van der Waals surface area contributed by atoms with E-state index in [0.717, 1.165) is 22.0 Å². The smallest absolute Gasteiger partial charge is 0.252 e. The van der Waals surface area contributed by atoms with Gasteiger partial charge in [-0.05, 0) is 31.5 Å². The van der Waals surface area contributed by atoms with Crippen molar-refractivity contribution in [1.29, 1.82) is 0 Å². The molecule has 0 bridgehead atoms. The largest absolute Gasteiger partial charge is 0.493 e. The van der Waals surface area contributed by atoms with Crippen LogP contribution in [0, 0.1) is 13.8 Å². The lowest BCUT2D eigenvalue weighted by atomic mass is 10.1. The van der Waals surface area contributed by atoms with E-state index < -0.39 is 0 Å². The van der Waals surface area contributed by atoms with Gasteiger partial charge in [0.15, 0.2) is 5.69 Å². The Balaban J connectivity index is 1.83. The summed E-state index contributed by atoms with van der Waals surface area (Å²) in [5.74, 6) is 0.115. The van der Waals surface area contributed by atoms with Crippen LogP contribution in [0.1, 0.15) is 16.8 Å². The Bertz CT molecular complexity index is 1240. The number of aromatic amines is 1. The minimum Gasteiger partial charge on any atom is -0.493 e. The number of aromatic hydroxyl groups is 1. The van der Waals surface area contributed by atoms with Gasteiger partial charge in [0, 0.05) is 17.1 Å². The van der Waals surface area contributed by atoms with Crippen LogP contribution in [-0.4, -0.2) is 19.6 Å². The molecule has 140 valence electrons. The van der Waals surface area contributed by atoms with Gasteiger partial charge in [-0.1, -0.05) is 42.0 Å². The molecule has 0 atom stereocenters. The summed E-state index contributed by atoms with van der Waals surface area (Å²) in [6.07, 6.45) is 0. The fourth-order valence-electron chi connectivity index (χ4n) is 3.17. The van der Waals surface area contributed by atoms with Gasteiger partial charge in [0.25, 0.3) is 5.56 Å². The van der Waals surface area contributed by atoms with E-state index in [1.165, 1.54) is 6.07 Å². The van der Waals surface area contributed by atoms with E-state index in [1.54, 1.807) is 11.5 Å². The monoisotopic (exact) mass is 373 g/mol. The summed E-state index contributed by atoms with van der Waals surface area (Å²) in [7, 11) is 0. The Morgan fingerprint density at radius 2 is 1.86 bits per heavy atom. The summed E-state index contributed by atoms with van der Waals surface area (Å²) in [5, 5.41) is 19.9. The van der Waals surface area contributed by atoms with Crippen molar-refractivity contribution in [2.24, 2.45) is 10.2 Å². The van der Waals surface area contributed by atoms with Crippen molar-refractivity contribution in [3.8, 4) is 5.88 Å². The number of aryl methyl sites for hydroxylation is 2. The van der Waals surface area contributed by atoms with Gasteiger partial charge in [0.05, 0.1) is 12.1 Å². The molecule has 0 aliphatic heterocycles. The molecule has 4 rings (SSSR count). The summed E-state index contributed by atoms with van der Waals surface area (Å²) in [6.45, 7) is 4.19. The molecule has 0 fully saturated rings. The van der Waals surface area contributed by atoms with Crippen LogP contribution >= 0.6 is 0 Å². The van der Waals surface area contributed by atoms with Crippen molar-refractivity contribution < 1.29 is 5.11 Å². The molecule has 0 saturated heterocycles. The third-order valence-electron chi connectivity index (χ3n) is 4.45. The van der Waals surface area contributed by atoms with E-state index in [0.29, 0.717) is 17.9 Å². The molecule has 2 aromatic heterocycles. The number of nitrogens with one attached hydrogen (secondary N) is 1. The minimum atomic E-state index is -0.298. The zero-order valence-electron chi connectivity index (χ0n) is 15.5. The van der Waals surface area contributed by atoms with Crippen molar-refractivity contribution >= 4 is 22.5 Å². The van der Waals surface area contributed by atoms with Crippen molar-refractivity contribution in [2.75, 3.05) is 0 Å². The molecule has 2 heterocycles. The van der Waals surface area contributed by atoms with Gasteiger partial charge in [0.2, 0.25) is 11.8 Å². The van der Waals surface area contributed by atoms with Crippen LogP contribution in [0.2, 0.25) is 0 Å². The van der Waals surface area contributed by atoms with E-state index >= 15 is 0 Å². The third kappa shape index (κ3) is 3.42. The maximum absolute atomic E-state index is 11.6. The maximum Gasteiger partial charge on any atom is 0.252 e. The molecular formula is C21H19N5O2. The first kappa shape index (κ1) is 17.7. The van der Waals surface area contributed by atoms with Crippen molar-refractivity contribution in [3.05, 3.63) is 81.8 Å². The molecule has 2 aromatic carbocycles. The average molecular weight is 373 g/mol. The van der Waals surface area contributed by atoms with Crippen LogP contribution < -0.4 is 5.56 Å². The van der Waals surface area contributed by atoms with Crippen molar-refractivity contribution in [3.63, 3.8) is 0 Å². The first-order chi connectivity index (χ1) is 13.5. The molecule has 7 heteroatoms. The van der Waals surface area contributed by atoms with E-state index in [2.05, 4.69) is 20.2 Å². The van der Waals surface area contributed by atoms with Gasteiger partial charge >= 0.3 is 0 Å². The number of hydrogen-bond donors (Lipinski definition) is 2. The number of aromatic nitrogens is 3. The quantitative estimate of drug-likeness (QED) is 0.515. The Labute approximate surface area is 161 Å². The summed E-state index contributed by atoms with van der Waals surface area (Å²) < 4.78 is 1.80. The topological polar surface area (TPSA) is 95.6 Å². The van der Waals surface area contributed by atoms with Crippen LogP contribution in [-0.2, 0) is 6.54 Å².